The van der Waals surface area contributed by atoms with Gasteiger partial charge in [-0.15, -0.1) is 11.3 Å². The Morgan fingerprint density at radius 3 is 3.16 bits per heavy atom. The molecule has 1 aliphatic rings. The van der Waals surface area contributed by atoms with Gasteiger partial charge in [-0.25, -0.2) is 4.98 Å². The lowest BCUT2D eigenvalue weighted by molar-refractivity contribution is -0.116. The van der Waals surface area contributed by atoms with Gasteiger partial charge in [0.25, 0.3) is 0 Å². The lowest BCUT2D eigenvalue weighted by Crippen LogP contribution is -2.18. The second kappa shape index (κ2) is 4.82. The molecule has 3 rings (SSSR count). The highest BCUT2D eigenvalue weighted by atomic mass is 32.1. The first-order valence-corrected chi connectivity index (χ1v) is 6.89. The van der Waals surface area contributed by atoms with E-state index in [4.69, 9.17) is 5.26 Å². The van der Waals surface area contributed by atoms with Crippen LogP contribution in [0.25, 0.3) is 11.3 Å². The highest BCUT2D eigenvalue weighted by molar-refractivity contribution is 7.10. The molecule has 1 aliphatic heterocycles. The minimum atomic E-state index is 0.0743. The Morgan fingerprint density at radius 1 is 1.42 bits per heavy atom. The largest absolute Gasteiger partial charge is 0.326 e. The molecule has 0 atom stereocenters. The summed E-state index contributed by atoms with van der Waals surface area (Å²) < 4.78 is 0. The number of thiazole rings is 1. The van der Waals surface area contributed by atoms with Crippen molar-refractivity contribution in [2.75, 3.05) is 5.32 Å². The van der Waals surface area contributed by atoms with Gasteiger partial charge in [0.05, 0.1) is 18.2 Å². The van der Waals surface area contributed by atoms with Crippen molar-refractivity contribution in [1.29, 1.82) is 5.26 Å². The van der Waals surface area contributed by atoms with Gasteiger partial charge in [0, 0.05) is 23.1 Å². The van der Waals surface area contributed by atoms with Crippen molar-refractivity contribution in [3.63, 3.8) is 0 Å². The van der Waals surface area contributed by atoms with E-state index in [0.717, 1.165) is 33.9 Å². The monoisotopic (exact) mass is 269 g/mol. The summed E-state index contributed by atoms with van der Waals surface area (Å²) in [5, 5.41) is 14.3. The van der Waals surface area contributed by atoms with Gasteiger partial charge in [-0.05, 0) is 24.1 Å². The Kier molecular flexibility index (Phi) is 3.02. The van der Waals surface area contributed by atoms with Gasteiger partial charge in [-0.3, -0.25) is 4.79 Å². The second-order valence-electron chi connectivity index (χ2n) is 4.38. The molecule has 0 fully saturated rings. The lowest BCUT2D eigenvalue weighted by atomic mass is 9.99. The third kappa shape index (κ3) is 2.35. The van der Waals surface area contributed by atoms with E-state index in [-0.39, 0.29) is 5.91 Å². The number of hydrogen-bond acceptors (Lipinski definition) is 4. The molecule has 4 nitrogen and oxygen atoms in total. The van der Waals surface area contributed by atoms with Crippen LogP contribution >= 0.6 is 11.3 Å². The molecule has 1 aromatic heterocycles. The fourth-order valence-corrected chi connectivity index (χ4v) is 2.87. The molecule has 0 aliphatic carbocycles. The number of aromatic nitrogens is 1. The van der Waals surface area contributed by atoms with Crippen molar-refractivity contribution in [2.24, 2.45) is 0 Å². The number of hydrogen-bond donors (Lipinski definition) is 1. The van der Waals surface area contributed by atoms with Crippen molar-refractivity contribution in [2.45, 2.75) is 19.3 Å². The fraction of sp³-hybridized carbons (Fsp3) is 0.214. The highest BCUT2D eigenvalue weighted by Gasteiger charge is 2.15. The van der Waals surface area contributed by atoms with Crippen molar-refractivity contribution in [3.05, 3.63) is 34.2 Å². The number of anilines is 1. The predicted molar refractivity (Wildman–Crippen MR) is 73.8 cm³/mol. The molecule has 94 valence electrons. The molecular weight excluding hydrogens is 258 g/mol. The van der Waals surface area contributed by atoms with Crippen molar-refractivity contribution >= 4 is 22.9 Å². The Hall–Kier alpha value is -2.19. The number of nitriles is 1. The molecule has 2 aromatic rings. The van der Waals surface area contributed by atoms with E-state index in [1.807, 2.05) is 17.5 Å². The molecule has 1 N–H and O–H groups in total. The summed E-state index contributed by atoms with van der Waals surface area (Å²) in [5.41, 5.74) is 3.98. The number of carbonyl (C=O) groups is 1. The number of carbonyl (C=O) groups excluding carboxylic acids is 1. The molecule has 0 spiro atoms. The van der Waals surface area contributed by atoms with Crippen LogP contribution in [0.4, 0.5) is 5.69 Å². The minimum Gasteiger partial charge on any atom is -0.326 e. The van der Waals surface area contributed by atoms with Gasteiger partial charge >= 0.3 is 0 Å². The molecule has 1 amide bonds. The zero-order chi connectivity index (χ0) is 13.2. The Labute approximate surface area is 114 Å². The van der Waals surface area contributed by atoms with Crippen LogP contribution in [0.3, 0.4) is 0 Å². The number of benzene rings is 1. The summed E-state index contributed by atoms with van der Waals surface area (Å²) in [6, 6.07) is 8.05. The molecule has 1 aromatic carbocycles. The molecule has 2 heterocycles. The molecule has 0 saturated carbocycles. The first kappa shape index (κ1) is 11.9. The van der Waals surface area contributed by atoms with Gasteiger partial charge < -0.3 is 5.32 Å². The van der Waals surface area contributed by atoms with Crippen LogP contribution in [0.2, 0.25) is 0 Å². The van der Waals surface area contributed by atoms with Gasteiger partial charge in [0.1, 0.15) is 5.01 Å². The quantitative estimate of drug-likeness (QED) is 0.911. The topological polar surface area (TPSA) is 65.8 Å². The van der Waals surface area contributed by atoms with Crippen LogP contribution in [-0.2, 0) is 17.6 Å². The summed E-state index contributed by atoms with van der Waals surface area (Å²) in [6.07, 6.45) is 1.66. The van der Waals surface area contributed by atoms with Crippen LogP contribution in [0.15, 0.2) is 23.6 Å². The van der Waals surface area contributed by atoms with Crippen LogP contribution in [0, 0.1) is 11.3 Å². The van der Waals surface area contributed by atoms with E-state index in [2.05, 4.69) is 22.4 Å². The summed E-state index contributed by atoms with van der Waals surface area (Å²) in [6.45, 7) is 0. The van der Waals surface area contributed by atoms with Gasteiger partial charge in [0.15, 0.2) is 0 Å². The number of nitrogens with zero attached hydrogens (tertiary/aromatic N) is 2. The molecule has 5 heteroatoms. The standard InChI is InChI=1S/C14H11N3OS/c15-6-5-14-17-12(8-19-14)10-1-3-11-9(7-10)2-4-13(18)16-11/h1,3,7-8H,2,4-5H2,(H,16,18). The molecule has 0 radical (unpaired) electrons. The zero-order valence-corrected chi connectivity index (χ0v) is 11.0. The maximum Gasteiger partial charge on any atom is 0.224 e. The van der Waals surface area contributed by atoms with E-state index in [9.17, 15) is 4.79 Å². The van der Waals surface area contributed by atoms with Crippen molar-refractivity contribution in [1.82, 2.24) is 4.98 Å². The van der Waals surface area contributed by atoms with Crippen molar-refractivity contribution in [3.8, 4) is 17.3 Å². The van der Waals surface area contributed by atoms with E-state index in [1.54, 1.807) is 0 Å². The number of fused-ring (bicyclic) bond motifs is 1. The van der Waals surface area contributed by atoms with Crippen LogP contribution < -0.4 is 5.32 Å². The minimum absolute atomic E-state index is 0.0743. The van der Waals surface area contributed by atoms with Crippen molar-refractivity contribution < 1.29 is 4.79 Å². The third-order valence-electron chi connectivity index (χ3n) is 3.08. The Morgan fingerprint density at radius 2 is 2.32 bits per heavy atom. The lowest BCUT2D eigenvalue weighted by Gasteiger charge is -2.17. The average molecular weight is 269 g/mol. The Balaban J connectivity index is 1.93. The summed E-state index contributed by atoms with van der Waals surface area (Å²) in [4.78, 5) is 15.7. The number of aryl methyl sites for hydroxylation is 1. The first-order valence-electron chi connectivity index (χ1n) is 6.01. The summed E-state index contributed by atoms with van der Waals surface area (Å²) >= 11 is 1.50. The smallest absolute Gasteiger partial charge is 0.224 e. The zero-order valence-electron chi connectivity index (χ0n) is 10.1. The van der Waals surface area contributed by atoms with E-state index >= 15 is 0 Å². The molecule has 0 bridgehead atoms. The summed E-state index contributed by atoms with van der Waals surface area (Å²) in [7, 11) is 0. The van der Waals surface area contributed by atoms with E-state index in [0.29, 0.717) is 12.8 Å². The van der Waals surface area contributed by atoms with Gasteiger partial charge in [0.2, 0.25) is 5.91 Å². The second-order valence-corrected chi connectivity index (χ2v) is 5.32. The first-order chi connectivity index (χ1) is 9.26. The molecule has 19 heavy (non-hydrogen) atoms. The van der Waals surface area contributed by atoms with Gasteiger partial charge in [-0.2, -0.15) is 5.26 Å². The normalized spacial score (nSPS) is 13.5. The summed E-state index contributed by atoms with van der Waals surface area (Å²) in [5.74, 6) is 0.0743. The highest BCUT2D eigenvalue weighted by Crippen LogP contribution is 2.29. The maximum absolute atomic E-state index is 11.3. The number of amides is 1. The third-order valence-corrected chi connectivity index (χ3v) is 3.93. The predicted octanol–water partition coefficient (Wildman–Crippen LogP) is 2.76. The fourth-order valence-electron chi connectivity index (χ4n) is 2.14. The van der Waals surface area contributed by atoms with E-state index in [1.165, 1.54) is 11.3 Å². The SMILES string of the molecule is N#CCc1nc(-c2ccc3c(c2)CCC(=O)N3)cs1. The maximum atomic E-state index is 11.3. The van der Waals surface area contributed by atoms with Gasteiger partial charge in [-0.1, -0.05) is 6.07 Å². The number of nitrogens with one attached hydrogen (secondary N) is 1. The average Bonchev–Trinajstić information content (AvgIpc) is 2.87. The van der Waals surface area contributed by atoms with Crippen LogP contribution in [0.5, 0.6) is 0 Å². The molecule has 0 saturated heterocycles. The van der Waals surface area contributed by atoms with Crippen LogP contribution in [-0.4, -0.2) is 10.9 Å². The number of rotatable bonds is 2. The van der Waals surface area contributed by atoms with E-state index < -0.39 is 0 Å². The molecular formula is C14H11N3OS. The Bertz CT molecular complexity index is 684. The van der Waals surface area contributed by atoms with Crippen LogP contribution in [0.1, 0.15) is 17.0 Å². The molecule has 0 unspecified atom stereocenters.